The van der Waals surface area contributed by atoms with Crippen molar-refractivity contribution in [1.29, 1.82) is 0 Å². The molecule has 1 saturated heterocycles. The number of piperazine rings is 1. The monoisotopic (exact) mass is 360 g/mol. The van der Waals surface area contributed by atoms with Crippen LogP contribution in [0.15, 0.2) is 12.1 Å². The van der Waals surface area contributed by atoms with E-state index in [1.54, 1.807) is 21.3 Å². The zero-order valence-corrected chi connectivity index (χ0v) is 16.4. The molecule has 3 aliphatic rings. The van der Waals surface area contributed by atoms with Crippen LogP contribution in [0.1, 0.15) is 31.2 Å². The normalized spacial score (nSPS) is 29.1. The Bertz CT molecular complexity index is 603. The first kappa shape index (κ1) is 17.9. The van der Waals surface area contributed by atoms with Gasteiger partial charge in [0, 0.05) is 38.8 Å². The summed E-state index contributed by atoms with van der Waals surface area (Å²) in [4.78, 5) is 5.32. The van der Waals surface area contributed by atoms with Gasteiger partial charge < -0.3 is 14.2 Å². The Morgan fingerprint density at radius 2 is 1.58 bits per heavy atom. The van der Waals surface area contributed by atoms with E-state index in [0.717, 1.165) is 49.0 Å². The summed E-state index contributed by atoms with van der Waals surface area (Å²) in [6.45, 7) is 5.63. The third-order valence-electron chi connectivity index (χ3n) is 6.71. The molecule has 0 N–H and O–H groups in total. The fraction of sp³-hybridized carbons (Fsp3) is 0.714. The summed E-state index contributed by atoms with van der Waals surface area (Å²) in [6.07, 6.45) is 5.91. The molecule has 4 rings (SSSR count). The maximum Gasteiger partial charge on any atom is 0.203 e. The van der Waals surface area contributed by atoms with Crippen molar-refractivity contribution in [1.82, 2.24) is 9.80 Å². The maximum absolute atomic E-state index is 5.49. The molecule has 1 aromatic rings. The Balaban J connectivity index is 1.37. The number of benzene rings is 1. The molecule has 2 aliphatic carbocycles. The lowest BCUT2D eigenvalue weighted by atomic mass is 9.93. The zero-order chi connectivity index (χ0) is 18.1. The quantitative estimate of drug-likeness (QED) is 0.779. The van der Waals surface area contributed by atoms with Gasteiger partial charge in [-0.2, -0.15) is 0 Å². The molecule has 5 nitrogen and oxygen atoms in total. The molecule has 2 saturated carbocycles. The Labute approximate surface area is 157 Å². The molecule has 0 spiro atoms. The van der Waals surface area contributed by atoms with Crippen molar-refractivity contribution in [3.8, 4) is 17.2 Å². The van der Waals surface area contributed by atoms with Gasteiger partial charge in [0.2, 0.25) is 5.75 Å². The second-order valence-corrected chi connectivity index (χ2v) is 8.09. The molecule has 1 aromatic carbocycles. The standard InChI is InChI=1S/C21H32N2O3/c1-24-19-12-16(13-20(25-2)21(19)26-3)14-22-6-8-23(9-7-22)18-11-15-4-5-17(18)10-15/h12-13,15,17-18H,4-11,14H2,1-3H3/t15-,17-,18+/m1/s1. The van der Waals surface area contributed by atoms with Gasteiger partial charge in [-0.15, -0.1) is 0 Å². The molecule has 0 aromatic heterocycles. The predicted octanol–water partition coefficient (Wildman–Crippen LogP) is 3.02. The number of hydrogen-bond acceptors (Lipinski definition) is 5. The van der Waals surface area contributed by atoms with E-state index in [1.807, 2.05) is 0 Å². The van der Waals surface area contributed by atoms with Crippen molar-refractivity contribution in [2.45, 2.75) is 38.3 Å². The fourth-order valence-electron chi connectivity index (χ4n) is 5.40. The topological polar surface area (TPSA) is 34.2 Å². The smallest absolute Gasteiger partial charge is 0.203 e. The number of hydrogen-bond donors (Lipinski definition) is 0. The average Bonchev–Trinajstić information content (AvgIpc) is 3.31. The first-order valence-corrected chi connectivity index (χ1v) is 9.97. The van der Waals surface area contributed by atoms with Crippen LogP contribution in [-0.2, 0) is 6.54 Å². The lowest BCUT2D eigenvalue weighted by Crippen LogP contribution is -2.51. The number of ether oxygens (including phenoxy) is 3. The molecule has 26 heavy (non-hydrogen) atoms. The minimum absolute atomic E-state index is 0.667. The van der Waals surface area contributed by atoms with E-state index >= 15 is 0 Å². The molecule has 3 atom stereocenters. The van der Waals surface area contributed by atoms with Gasteiger partial charge in [0.1, 0.15) is 0 Å². The van der Waals surface area contributed by atoms with Crippen molar-refractivity contribution in [3.05, 3.63) is 17.7 Å². The maximum atomic E-state index is 5.49. The molecule has 1 heterocycles. The molecule has 3 fully saturated rings. The van der Waals surface area contributed by atoms with Crippen LogP contribution in [0.3, 0.4) is 0 Å². The summed E-state index contributed by atoms with van der Waals surface area (Å²) in [5.41, 5.74) is 1.22. The van der Waals surface area contributed by atoms with Crippen LogP contribution in [0.25, 0.3) is 0 Å². The average molecular weight is 360 g/mol. The zero-order valence-electron chi connectivity index (χ0n) is 16.4. The summed E-state index contributed by atoms with van der Waals surface area (Å²) in [5, 5.41) is 0. The lowest BCUT2D eigenvalue weighted by molar-refractivity contribution is 0.0679. The molecule has 1 aliphatic heterocycles. The largest absolute Gasteiger partial charge is 0.493 e. The number of nitrogens with zero attached hydrogens (tertiary/aromatic N) is 2. The van der Waals surface area contributed by atoms with Crippen molar-refractivity contribution in [3.63, 3.8) is 0 Å². The van der Waals surface area contributed by atoms with E-state index in [0.29, 0.717) is 5.75 Å². The highest BCUT2D eigenvalue weighted by Crippen LogP contribution is 2.46. The lowest BCUT2D eigenvalue weighted by Gasteiger charge is -2.41. The SMILES string of the molecule is COc1cc(CN2CCN([C@H]3C[C@@H]4CC[C@@H]3C4)CC2)cc(OC)c1OC. The molecule has 144 valence electrons. The van der Waals surface area contributed by atoms with Gasteiger partial charge in [0.25, 0.3) is 0 Å². The van der Waals surface area contributed by atoms with Crippen molar-refractivity contribution >= 4 is 0 Å². The van der Waals surface area contributed by atoms with Crippen LogP contribution < -0.4 is 14.2 Å². The van der Waals surface area contributed by atoms with E-state index in [-0.39, 0.29) is 0 Å². The number of fused-ring (bicyclic) bond motifs is 2. The van der Waals surface area contributed by atoms with Crippen LogP contribution in [0.4, 0.5) is 0 Å². The van der Waals surface area contributed by atoms with Crippen molar-refractivity contribution in [2.24, 2.45) is 11.8 Å². The summed E-state index contributed by atoms with van der Waals surface area (Å²) in [5.74, 6) is 4.16. The van der Waals surface area contributed by atoms with Crippen LogP contribution in [-0.4, -0.2) is 63.4 Å². The molecular formula is C21H32N2O3. The summed E-state index contributed by atoms with van der Waals surface area (Å²) < 4.78 is 16.4. The van der Waals surface area contributed by atoms with Crippen LogP contribution in [0.5, 0.6) is 17.2 Å². The second-order valence-electron chi connectivity index (χ2n) is 8.09. The first-order valence-electron chi connectivity index (χ1n) is 9.97. The highest BCUT2D eigenvalue weighted by Gasteiger charge is 2.42. The van der Waals surface area contributed by atoms with Crippen LogP contribution in [0, 0.1) is 11.8 Å². The second kappa shape index (κ2) is 7.65. The van der Waals surface area contributed by atoms with Gasteiger partial charge in [-0.25, -0.2) is 0 Å². The summed E-state index contributed by atoms with van der Waals surface area (Å²) >= 11 is 0. The molecule has 2 bridgehead atoms. The van der Waals surface area contributed by atoms with Crippen LogP contribution >= 0.6 is 0 Å². The van der Waals surface area contributed by atoms with Crippen molar-refractivity contribution < 1.29 is 14.2 Å². The summed E-state index contributed by atoms with van der Waals surface area (Å²) in [7, 11) is 5.00. The van der Waals surface area contributed by atoms with E-state index in [4.69, 9.17) is 14.2 Å². The van der Waals surface area contributed by atoms with Crippen LogP contribution in [0.2, 0.25) is 0 Å². The number of methoxy groups -OCH3 is 3. The van der Waals surface area contributed by atoms with Gasteiger partial charge in [-0.05, 0) is 48.8 Å². The minimum atomic E-state index is 0.667. The summed E-state index contributed by atoms with van der Waals surface area (Å²) in [6, 6.07) is 5.02. The van der Waals surface area contributed by atoms with E-state index in [2.05, 4.69) is 21.9 Å². The third-order valence-corrected chi connectivity index (χ3v) is 6.71. The fourth-order valence-corrected chi connectivity index (χ4v) is 5.40. The van der Waals surface area contributed by atoms with E-state index < -0.39 is 0 Å². The highest BCUT2D eigenvalue weighted by atomic mass is 16.5. The third kappa shape index (κ3) is 3.39. The van der Waals surface area contributed by atoms with Gasteiger partial charge in [0.15, 0.2) is 11.5 Å². The van der Waals surface area contributed by atoms with Gasteiger partial charge in [-0.3, -0.25) is 9.80 Å². The van der Waals surface area contributed by atoms with Gasteiger partial charge >= 0.3 is 0 Å². The Morgan fingerprint density at radius 3 is 2.08 bits per heavy atom. The molecule has 5 heteroatoms. The van der Waals surface area contributed by atoms with E-state index in [1.165, 1.54) is 44.3 Å². The highest BCUT2D eigenvalue weighted by molar-refractivity contribution is 5.53. The van der Waals surface area contributed by atoms with Gasteiger partial charge in [-0.1, -0.05) is 6.42 Å². The molecule has 0 unspecified atom stereocenters. The Hall–Kier alpha value is -1.46. The minimum Gasteiger partial charge on any atom is -0.493 e. The molecular weight excluding hydrogens is 328 g/mol. The van der Waals surface area contributed by atoms with Gasteiger partial charge in [0.05, 0.1) is 21.3 Å². The Morgan fingerprint density at radius 1 is 0.885 bits per heavy atom. The molecule has 0 radical (unpaired) electrons. The number of rotatable bonds is 6. The van der Waals surface area contributed by atoms with Crippen molar-refractivity contribution in [2.75, 3.05) is 47.5 Å². The predicted molar refractivity (Wildman–Crippen MR) is 102 cm³/mol. The molecule has 0 amide bonds. The van der Waals surface area contributed by atoms with E-state index in [9.17, 15) is 0 Å². The Kier molecular flexibility index (Phi) is 5.28. The first-order chi connectivity index (χ1) is 12.7.